The van der Waals surface area contributed by atoms with Gasteiger partial charge in [0.2, 0.25) is 5.91 Å². The smallest absolute Gasteiger partial charge is 0.354 e. The lowest BCUT2D eigenvalue weighted by Crippen LogP contribution is -2.39. The summed E-state index contributed by atoms with van der Waals surface area (Å²) in [5.74, 6) is -0.274. The van der Waals surface area contributed by atoms with Crippen LogP contribution in [-0.4, -0.2) is 56.1 Å². The predicted octanol–water partition coefficient (Wildman–Crippen LogP) is 6.35. The third-order valence-corrected chi connectivity index (χ3v) is 10.00. The van der Waals surface area contributed by atoms with Crippen molar-refractivity contribution in [1.82, 2.24) is 4.90 Å². The molecule has 2 aliphatic rings. The van der Waals surface area contributed by atoms with E-state index in [1.54, 1.807) is 39.0 Å². The van der Waals surface area contributed by atoms with Crippen molar-refractivity contribution >= 4 is 53.0 Å². The fraction of sp³-hybridized carbons (Fsp3) is 0.353. The van der Waals surface area contributed by atoms with Crippen molar-refractivity contribution < 1.29 is 23.2 Å². The zero-order chi connectivity index (χ0) is 31.1. The number of amides is 2. The number of fused-ring (bicyclic) bond motifs is 1. The predicted molar refractivity (Wildman–Crippen MR) is 177 cm³/mol. The zero-order valence-corrected chi connectivity index (χ0v) is 26.6. The summed E-state index contributed by atoms with van der Waals surface area (Å²) in [4.78, 5) is 30.3. The Hall–Kier alpha value is -3.75. The normalized spacial score (nSPS) is 16.3. The maximum Gasteiger partial charge on any atom is 0.361 e. The number of hydrogen-bond donors (Lipinski definition) is 2. The van der Waals surface area contributed by atoms with E-state index in [9.17, 15) is 14.2 Å². The van der Waals surface area contributed by atoms with Crippen molar-refractivity contribution in [2.24, 2.45) is 0 Å². The maximum absolute atomic E-state index is 13.6. The van der Waals surface area contributed by atoms with Crippen LogP contribution in [0.2, 0.25) is 0 Å². The Bertz CT molecular complexity index is 1540. The molecular weight excluding hydrogens is 575 g/mol. The van der Waals surface area contributed by atoms with Crippen LogP contribution in [0.5, 0.6) is 0 Å². The van der Waals surface area contributed by atoms with Gasteiger partial charge in [0.15, 0.2) is 0 Å². The van der Waals surface area contributed by atoms with Crippen LogP contribution < -0.4 is 20.8 Å². The highest BCUT2D eigenvalue weighted by atomic mass is 31.2. The van der Waals surface area contributed by atoms with Gasteiger partial charge in [-0.05, 0) is 87.8 Å². The Morgan fingerprint density at radius 1 is 0.955 bits per heavy atom. The molecular formula is C34H41N4O5P. The number of rotatable bonds is 12. The van der Waals surface area contributed by atoms with Crippen molar-refractivity contribution in [3.05, 3.63) is 83.9 Å². The first kappa shape index (κ1) is 31.7. The van der Waals surface area contributed by atoms with Gasteiger partial charge in [0.1, 0.15) is 0 Å². The Morgan fingerprint density at radius 2 is 1.64 bits per heavy atom. The number of benzene rings is 3. The Kier molecular flexibility index (Phi) is 10.3. The summed E-state index contributed by atoms with van der Waals surface area (Å²) in [6.45, 7) is 9.22. The first-order valence-electron chi connectivity index (χ1n) is 15.4. The molecule has 3 aromatic rings. The average molecular weight is 617 g/mol. The van der Waals surface area contributed by atoms with E-state index in [2.05, 4.69) is 15.5 Å². The molecule has 5 rings (SSSR count). The van der Waals surface area contributed by atoms with Gasteiger partial charge in [-0.25, -0.2) is 0 Å². The largest absolute Gasteiger partial charge is 0.361 e. The first-order chi connectivity index (χ1) is 21.3. The van der Waals surface area contributed by atoms with E-state index in [1.165, 1.54) is 19.3 Å². The van der Waals surface area contributed by atoms with Gasteiger partial charge >= 0.3 is 7.60 Å². The van der Waals surface area contributed by atoms with E-state index in [0.717, 1.165) is 36.6 Å². The number of hydrogen-bond acceptors (Lipinski definition) is 7. The minimum atomic E-state index is -3.57. The van der Waals surface area contributed by atoms with Gasteiger partial charge in [-0.15, -0.1) is 0 Å². The van der Waals surface area contributed by atoms with Gasteiger partial charge in [-0.2, -0.15) is 0 Å². The molecule has 3 aromatic carbocycles. The number of nitrogens with one attached hydrogen (secondary N) is 2. The van der Waals surface area contributed by atoms with Crippen molar-refractivity contribution in [3.63, 3.8) is 0 Å². The van der Waals surface area contributed by atoms with E-state index in [-0.39, 0.29) is 25.0 Å². The molecule has 9 nitrogen and oxygen atoms in total. The molecule has 0 atom stereocenters. The highest BCUT2D eigenvalue weighted by molar-refractivity contribution is 7.62. The second-order valence-corrected chi connectivity index (χ2v) is 12.9. The molecule has 0 saturated carbocycles. The lowest BCUT2D eigenvalue weighted by atomic mass is 10.00. The van der Waals surface area contributed by atoms with E-state index in [0.29, 0.717) is 34.4 Å². The van der Waals surface area contributed by atoms with Crippen LogP contribution in [-0.2, 0) is 23.2 Å². The van der Waals surface area contributed by atoms with Gasteiger partial charge in [0, 0.05) is 42.6 Å². The van der Waals surface area contributed by atoms with E-state index in [1.807, 2.05) is 59.5 Å². The Morgan fingerprint density at radius 3 is 2.27 bits per heavy atom. The fourth-order valence-corrected chi connectivity index (χ4v) is 7.34. The summed E-state index contributed by atoms with van der Waals surface area (Å²) < 4.78 is 24.8. The molecule has 44 heavy (non-hydrogen) atoms. The minimum Gasteiger partial charge on any atom is -0.354 e. The molecule has 2 aliphatic heterocycles. The van der Waals surface area contributed by atoms with Crippen LogP contribution in [0.4, 0.5) is 17.1 Å². The Labute approximate surface area is 259 Å². The second kappa shape index (κ2) is 14.4. The molecule has 1 saturated heterocycles. The van der Waals surface area contributed by atoms with Crippen molar-refractivity contribution in [3.8, 4) is 0 Å². The summed E-state index contributed by atoms with van der Waals surface area (Å²) in [6, 6.07) is 22.4. The van der Waals surface area contributed by atoms with Gasteiger partial charge in [-0.3, -0.25) is 14.2 Å². The van der Waals surface area contributed by atoms with Crippen molar-refractivity contribution in [2.45, 2.75) is 40.0 Å². The first-order valence-corrected chi connectivity index (χ1v) is 16.9. The molecule has 0 aromatic heterocycles. The molecule has 2 amide bonds. The van der Waals surface area contributed by atoms with Crippen LogP contribution >= 0.6 is 7.60 Å². The van der Waals surface area contributed by atoms with E-state index >= 15 is 0 Å². The van der Waals surface area contributed by atoms with Gasteiger partial charge in [-0.1, -0.05) is 36.8 Å². The van der Waals surface area contributed by atoms with Crippen LogP contribution in [0.3, 0.4) is 0 Å². The molecule has 0 aliphatic carbocycles. The molecule has 0 bridgehead atoms. The molecule has 1 fully saturated rings. The topological polar surface area (TPSA) is 100 Å². The number of likely N-dealkylation sites (tertiary alicyclic amines) is 1. The number of anilines is 3. The van der Waals surface area contributed by atoms with Gasteiger partial charge in [0.05, 0.1) is 29.8 Å². The zero-order valence-electron chi connectivity index (χ0n) is 25.7. The fourth-order valence-electron chi connectivity index (χ4n) is 5.75. The monoisotopic (exact) mass is 616 g/mol. The molecule has 10 heteroatoms. The highest BCUT2D eigenvalue weighted by Crippen LogP contribution is 2.48. The number of nitrogens with zero attached hydrogens (tertiary/aromatic N) is 2. The number of carbonyl (C=O) groups excluding carboxylic acids is 2. The lowest BCUT2D eigenvalue weighted by molar-refractivity contribution is -0.116. The molecule has 232 valence electrons. The average Bonchev–Trinajstić information content (AvgIpc) is 3.36. The van der Waals surface area contributed by atoms with Crippen LogP contribution in [0, 0.1) is 0 Å². The van der Waals surface area contributed by atoms with E-state index < -0.39 is 7.60 Å². The standard InChI is InChI=1S/C34H41N4O5P/c1-4-42-44(41,43-5-2)29-18-19-31-30(24-29)32(34(40)36-31)33(26-12-8-6-9-13-26)35-27-14-16-28(17-15-27)38(25(3)39)23-22-37-20-10-7-11-21-37/h6,8-9,12-19,24,35H,4-5,7,10-11,20-23H2,1-3H3,(H,36,40)/b33-32-. The van der Waals surface area contributed by atoms with Crippen LogP contribution in [0.1, 0.15) is 51.2 Å². The van der Waals surface area contributed by atoms with Gasteiger partial charge < -0.3 is 29.5 Å². The maximum atomic E-state index is 13.6. The molecule has 0 spiro atoms. The quantitative estimate of drug-likeness (QED) is 0.181. The second-order valence-electron chi connectivity index (χ2n) is 10.9. The molecule has 2 N–H and O–H groups in total. The summed E-state index contributed by atoms with van der Waals surface area (Å²) in [7, 11) is -3.57. The molecule has 2 heterocycles. The van der Waals surface area contributed by atoms with Crippen molar-refractivity contribution in [2.75, 3.05) is 54.9 Å². The summed E-state index contributed by atoms with van der Waals surface area (Å²) in [5.41, 5.74) is 4.63. The molecule has 0 unspecified atom stereocenters. The third-order valence-electron chi connectivity index (χ3n) is 7.89. The van der Waals surface area contributed by atoms with Crippen molar-refractivity contribution in [1.29, 1.82) is 0 Å². The van der Waals surface area contributed by atoms with E-state index in [4.69, 9.17) is 9.05 Å². The number of piperidine rings is 1. The Balaban J connectivity index is 1.48. The van der Waals surface area contributed by atoms with Gasteiger partial charge in [0.25, 0.3) is 5.91 Å². The van der Waals surface area contributed by atoms with Crippen LogP contribution in [0.25, 0.3) is 11.3 Å². The summed E-state index contributed by atoms with van der Waals surface area (Å²) >= 11 is 0. The minimum absolute atomic E-state index is 0.00115. The highest BCUT2D eigenvalue weighted by Gasteiger charge is 2.33. The SMILES string of the molecule is CCOP(=O)(OCC)c1ccc2c(c1)/C(=C(/Nc1ccc(N(CCN3CCCCC3)C(C)=O)cc1)c1ccccc1)C(=O)N2. The third kappa shape index (κ3) is 7.13. The number of carbonyl (C=O) groups is 2. The molecule has 0 radical (unpaired) electrons. The summed E-state index contributed by atoms with van der Waals surface area (Å²) in [5, 5.41) is 6.81. The lowest BCUT2D eigenvalue weighted by Gasteiger charge is -2.29. The summed E-state index contributed by atoms with van der Waals surface area (Å²) in [6.07, 6.45) is 3.70. The van der Waals surface area contributed by atoms with Crippen LogP contribution in [0.15, 0.2) is 72.8 Å².